The highest BCUT2D eigenvalue weighted by molar-refractivity contribution is 6.30. The van der Waals surface area contributed by atoms with E-state index in [0.29, 0.717) is 5.56 Å². The Morgan fingerprint density at radius 1 is 1.44 bits per heavy atom. The molecule has 2 N–H and O–H groups in total. The van der Waals surface area contributed by atoms with Gasteiger partial charge in [-0.2, -0.15) is 5.10 Å². The molecule has 1 aromatic heterocycles. The SMILES string of the molecule is Cn1cc(C(N)c2ccc(Cl)c(F)c2)cn1. The molecule has 1 unspecified atom stereocenters. The fourth-order valence-corrected chi connectivity index (χ4v) is 1.62. The van der Waals surface area contributed by atoms with Gasteiger partial charge in [-0.25, -0.2) is 4.39 Å². The highest BCUT2D eigenvalue weighted by Gasteiger charge is 2.12. The summed E-state index contributed by atoms with van der Waals surface area (Å²) in [4.78, 5) is 0. The van der Waals surface area contributed by atoms with Gasteiger partial charge in [-0.15, -0.1) is 0 Å². The number of aryl methyl sites for hydroxylation is 1. The third-order valence-corrected chi connectivity index (χ3v) is 2.69. The van der Waals surface area contributed by atoms with E-state index in [1.165, 1.54) is 12.1 Å². The van der Waals surface area contributed by atoms with Crippen molar-refractivity contribution >= 4 is 11.6 Å². The van der Waals surface area contributed by atoms with E-state index in [9.17, 15) is 4.39 Å². The van der Waals surface area contributed by atoms with Crippen molar-refractivity contribution in [1.82, 2.24) is 9.78 Å². The summed E-state index contributed by atoms with van der Waals surface area (Å²) in [5.41, 5.74) is 7.50. The van der Waals surface area contributed by atoms with Gasteiger partial charge in [-0.05, 0) is 17.7 Å². The molecule has 2 aromatic rings. The van der Waals surface area contributed by atoms with Gasteiger partial charge in [0.25, 0.3) is 0 Å². The Balaban J connectivity index is 2.33. The molecular formula is C11H11ClFN3. The van der Waals surface area contributed by atoms with Gasteiger partial charge < -0.3 is 5.73 Å². The standard InChI is InChI=1S/C11H11ClFN3/c1-16-6-8(5-15-16)11(14)7-2-3-9(12)10(13)4-7/h2-6,11H,14H2,1H3. The second-order valence-corrected chi connectivity index (χ2v) is 4.01. The van der Waals surface area contributed by atoms with Gasteiger partial charge in [0.05, 0.1) is 17.3 Å². The number of hydrogen-bond acceptors (Lipinski definition) is 2. The minimum atomic E-state index is -0.460. The summed E-state index contributed by atoms with van der Waals surface area (Å²) in [5.74, 6) is -0.460. The first-order chi connectivity index (χ1) is 7.58. The Hall–Kier alpha value is -1.39. The van der Waals surface area contributed by atoms with Crippen LogP contribution in [0.2, 0.25) is 5.02 Å². The predicted octanol–water partition coefficient (Wildman–Crippen LogP) is 2.26. The second-order valence-electron chi connectivity index (χ2n) is 3.60. The van der Waals surface area contributed by atoms with E-state index in [2.05, 4.69) is 5.10 Å². The van der Waals surface area contributed by atoms with Crippen LogP contribution in [0.1, 0.15) is 17.2 Å². The second kappa shape index (κ2) is 4.23. The number of aromatic nitrogens is 2. The molecule has 0 saturated heterocycles. The number of rotatable bonds is 2. The quantitative estimate of drug-likeness (QED) is 0.874. The summed E-state index contributed by atoms with van der Waals surface area (Å²) in [7, 11) is 1.80. The first-order valence-corrected chi connectivity index (χ1v) is 5.15. The molecule has 0 aliphatic rings. The van der Waals surface area contributed by atoms with Gasteiger partial charge in [0.2, 0.25) is 0 Å². The maximum atomic E-state index is 13.3. The van der Waals surface area contributed by atoms with Gasteiger partial charge in [0.15, 0.2) is 0 Å². The molecule has 0 bridgehead atoms. The van der Waals surface area contributed by atoms with Crippen LogP contribution in [0.4, 0.5) is 4.39 Å². The van der Waals surface area contributed by atoms with Crippen molar-refractivity contribution in [3.63, 3.8) is 0 Å². The molecule has 1 atom stereocenters. The van der Waals surface area contributed by atoms with E-state index in [-0.39, 0.29) is 11.1 Å². The summed E-state index contributed by atoms with van der Waals surface area (Å²) in [6.07, 6.45) is 3.47. The smallest absolute Gasteiger partial charge is 0.142 e. The molecule has 3 nitrogen and oxygen atoms in total. The minimum Gasteiger partial charge on any atom is -0.320 e. The number of nitrogens with two attached hydrogens (primary N) is 1. The Morgan fingerprint density at radius 2 is 2.19 bits per heavy atom. The third kappa shape index (κ3) is 2.08. The summed E-state index contributed by atoms with van der Waals surface area (Å²) in [6, 6.07) is 4.17. The zero-order valence-electron chi connectivity index (χ0n) is 8.69. The van der Waals surface area contributed by atoms with E-state index in [4.69, 9.17) is 17.3 Å². The van der Waals surface area contributed by atoms with Gasteiger partial charge in [0, 0.05) is 18.8 Å². The van der Waals surface area contributed by atoms with Gasteiger partial charge in [0.1, 0.15) is 5.82 Å². The largest absolute Gasteiger partial charge is 0.320 e. The van der Waals surface area contributed by atoms with Crippen molar-refractivity contribution in [2.45, 2.75) is 6.04 Å². The molecule has 0 fully saturated rings. The summed E-state index contributed by atoms with van der Waals surface area (Å²) in [6.45, 7) is 0. The van der Waals surface area contributed by atoms with Crippen molar-refractivity contribution < 1.29 is 4.39 Å². The van der Waals surface area contributed by atoms with Crippen LogP contribution in [-0.2, 0) is 7.05 Å². The molecule has 1 aromatic carbocycles. The molecule has 0 saturated carbocycles. The summed E-state index contributed by atoms with van der Waals surface area (Å²) >= 11 is 5.60. The zero-order chi connectivity index (χ0) is 11.7. The van der Waals surface area contributed by atoms with Gasteiger partial charge in [-0.3, -0.25) is 4.68 Å². The molecule has 0 spiro atoms. The fourth-order valence-electron chi connectivity index (χ4n) is 1.50. The van der Waals surface area contributed by atoms with Crippen molar-refractivity contribution in [3.05, 3.63) is 52.6 Å². The first kappa shape index (κ1) is 11.1. The number of benzene rings is 1. The lowest BCUT2D eigenvalue weighted by molar-refractivity contribution is 0.624. The molecular weight excluding hydrogens is 229 g/mol. The van der Waals surface area contributed by atoms with Gasteiger partial charge >= 0.3 is 0 Å². The average Bonchev–Trinajstić information content (AvgIpc) is 2.68. The predicted molar refractivity (Wildman–Crippen MR) is 60.6 cm³/mol. The Morgan fingerprint density at radius 3 is 2.75 bits per heavy atom. The molecule has 2 rings (SSSR count). The van der Waals surface area contributed by atoms with E-state index in [1.807, 2.05) is 0 Å². The molecule has 1 heterocycles. The average molecular weight is 240 g/mol. The Labute approximate surface area is 97.6 Å². The first-order valence-electron chi connectivity index (χ1n) is 4.77. The van der Waals surface area contributed by atoms with Crippen LogP contribution in [-0.4, -0.2) is 9.78 Å². The van der Waals surface area contributed by atoms with Crippen LogP contribution >= 0.6 is 11.6 Å². The number of nitrogens with zero attached hydrogens (tertiary/aromatic N) is 2. The number of halogens is 2. The van der Waals surface area contributed by atoms with Crippen molar-refractivity contribution in [2.75, 3.05) is 0 Å². The minimum absolute atomic E-state index is 0.0992. The topological polar surface area (TPSA) is 43.8 Å². The van der Waals surface area contributed by atoms with E-state index < -0.39 is 5.82 Å². The summed E-state index contributed by atoms with van der Waals surface area (Å²) < 4.78 is 14.9. The monoisotopic (exact) mass is 239 g/mol. The normalized spacial score (nSPS) is 12.8. The molecule has 5 heteroatoms. The van der Waals surface area contributed by atoms with Crippen molar-refractivity contribution in [1.29, 1.82) is 0 Å². The molecule has 0 amide bonds. The van der Waals surface area contributed by atoms with Gasteiger partial charge in [-0.1, -0.05) is 17.7 Å². The Bertz CT molecular complexity index is 510. The van der Waals surface area contributed by atoms with E-state index in [0.717, 1.165) is 5.56 Å². The van der Waals surface area contributed by atoms with Crippen molar-refractivity contribution in [2.24, 2.45) is 12.8 Å². The maximum Gasteiger partial charge on any atom is 0.142 e. The van der Waals surface area contributed by atoms with Crippen molar-refractivity contribution in [3.8, 4) is 0 Å². The molecule has 16 heavy (non-hydrogen) atoms. The maximum absolute atomic E-state index is 13.3. The fraction of sp³-hybridized carbons (Fsp3) is 0.182. The van der Waals surface area contributed by atoms with Crippen LogP contribution in [0.3, 0.4) is 0 Å². The van der Waals surface area contributed by atoms with E-state index in [1.54, 1.807) is 30.2 Å². The molecule has 0 aliphatic carbocycles. The summed E-state index contributed by atoms with van der Waals surface area (Å²) in [5, 5.41) is 4.12. The van der Waals surface area contributed by atoms with E-state index >= 15 is 0 Å². The van der Waals surface area contributed by atoms with Crippen LogP contribution < -0.4 is 5.73 Å². The molecule has 0 radical (unpaired) electrons. The lowest BCUT2D eigenvalue weighted by Gasteiger charge is -2.10. The lowest BCUT2D eigenvalue weighted by Crippen LogP contribution is -2.11. The van der Waals surface area contributed by atoms with Crippen LogP contribution in [0.25, 0.3) is 0 Å². The van der Waals surface area contributed by atoms with Crippen LogP contribution in [0.15, 0.2) is 30.6 Å². The van der Waals surface area contributed by atoms with Crippen LogP contribution in [0, 0.1) is 5.82 Å². The highest BCUT2D eigenvalue weighted by atomic mass is 35.5. The molecule has 84 valence electrons. The lowest BCUT2D eigenvalue weighted by atomic mass is 10.0. The number of hydrogen-bond donors (Lipinski definition) is 1. The molecule has 0 aliphatic heterocycles. The zero-order valence-corrected chi connectivity index (χ0v) is 9.45. The Kier molecular flexibility index (Phi) is 2.94. The van der Waals surface area contributed by atoms with Crippen LogP contribution in [0.5, 0.6) is 0 Å². The third-order valence-electron chi connectivity index (χ3n) is 2.39. The highest BCUT2D eigenvalue weighted by Crippen LogP contribution is 2.23.